The highest BCUT2D eigenvalue weighted by Gasteiger charge is 2.26. The zero-order valence-electron chi connectivity index (χ0n) is 6.90. The predicted octanol–water partition coefficient (Wildman–Crippen LogP) is -0.0639. The highest BCUT2D eigenvalue weighted by molar-refractivity contribution is 4.79. The minimum absolute atomic E-state index is 0.133. The maximum Gasteiger partial charge on any atom is 0.0616 e. The minimum atomic E-state index is 0.133. The van der Waals surface area contributed by atoms with Gasteiger partial charge < -0.3 is 0 Å². The first-order chi connectivity index (χ1) is 5.15. The third-order valence-corrected chi connectivity index (χ3v) is 2.11. The minimum Gasteiger partial charge on any atom is -0.268 e. The van der Waals surface area contributed by atoms with E-state index in [1.54, 1.807) is 5.01 Å². The van der Waals surface area contributed by atoms with E-state index < -0.39 is 0 Å². The lowest BCUT2D eigenvalue weighted by Gasteiger charge is -2.38. The highest BCUT2D eigenvalue weighted by atomic mass is 16.3. The van der Waals surface area contributed by atoms with Crippen molar-refractivity contribution < 1.29 is 0 Å². The fourth-order valence-electron chi connectivity index (χ4n) is 1.25. The number of nitroso groups, excluding NO2 is 1. The van der Waals surface area contributed by atoms with Gasteiger partial charge in [-0.1, -0.05) is 0 Å². The van der Waals surface area contributed by atoms with Crippen molar-refractivity contribution in [3.05, 3.63) is 4.91 Å². The van der Waals surface area contributed by atoms with Crippen LogP contribution in [0.5, 0.6) is 0 Å². The molecule has 0 unspecified atom stereocenters. The monoisotopic (exact) mass is 158 g/mol. The van der Waals surface area contributed by atoms with Crippen LogP contribution >= 0.6 is 0 Å². The van der Waals surface area contributed by atoms with Gasteiger partial charge in [0.1, 0.15) is 0 Å². The van der Waals surface area contributed by atoms with Gasteiger partial charge in [-0.3, -0.25) is 10.9 Å². The molecule has 0 aliphatic carbocycles. The molecule has 0 aromatic rings. The Labute approximate surface area is 66.1 Å². The summed E-state index contributed by atoms with van der Waals surface area (Å²) in [5, 5.41) is 6.19. The Morgan fingerprint density at radius 1 is 1.36 bits per heavy atom. The Morgan fingerprint density at radius 2 is 2.00 bits per heavy atom. The third kappa shape index (κ3) is 1.66. The van der Waals surface area contributed by atoms with Crippen molar-refractivity contribution in [3.8, 4) is 0 Å². The van der Waals surface area contributed by atoms with Crippen molar-refractivity contribution in [1.29, 1.82) is 0 Å². The van der Waals surface area contributed by atoms with Crippen LogP contribution in [0.25, 0.3) is 0 Å². The molecule has 0 saturated carbocycles. The van der Waals surface area contributed by atoms with Crippen LogP contribution in [0.2, 0.25) is 0 Å². The Kier molecular flexibility index (Phi) is 2.41. The van der Waals surface area contributed by atoms with Gasteiger partial charge in [0.15, 0.2) is 0 Å². The smallest absolute Gasteiger partial charge is 0.0616 e. The number of nitrogens with two attached hydrogens (primary N) is 1. The summed E-state index contributed by atoms with van der Waals surface area (Å²) in [6, 6.07) is 0.345. The Hall–Kier alpha value is -0.680. The predicted molar refractivity (Wildman–Crippen MR) is 42.3 cm³/mol. The summed E-state index contributed by atoms with van der Waals surface area (Å²) >= 11 is 0. The summed E-state index contributed by atoms with van der Waals surface area (Å²) in [6.07, 6.45) is 0. The van der Waals surface area contributed by atoms with E-state index in [9.17, 15) is 4.91 Å². The molecule has 2 N–H and O–H groups in total. The van der Waals surface area contributed by atoms with Crippen molar-refractivity contribution in [3.63, 3.8) is 0 Å². The van der Waals surface area contributed by atoms with Gasteiger partial charge in [0, 0.05) is 12.6 Å². The average molecular weight is 158 g/mol. The van der Waals surface area contributed by atoms with Crippen molar-refractivity contribution in [1.82, 2.24) is 10.0 Å². The molecule has 0 bridgehead atoms. The molecule has 0 amide bonds. The summed E-state index contributed by atoms with van der Waals surface area (Å²) in [5.74, 6) is 5.65. The lowest BCUT2D eigenvalue weighted by atomic mass is 10.2. The van der Waals surface area contributed by atoms with Crippen molar-refractivity contribution in [2.75, 3.05) is 13.1 Å². The van der Waals surface area contributed by atoms with Crippen LogP contribution in [0.15, 0.2) is 5.29 Å². The topological polar surface area (TPSA) is 61.9 Å². The first-order valence-corrected chi connectivity index (χ1v) is 3.76. The third-order valence-electron chi connectivity index (χ3n) is 2.11. The Morgan fingerprint density at radius 3 is 2.55 bits per heavy atom. The largest absolute Gasteiger partial charge is 0.268 e. The molecule has 1 heterocycles. The van der Waals surface area contributed by atoms with E-state index in [4.69, 9.17) is 5.84 Å². The van der Waals surface area contributed by atoms with Gasteiger partial charge >= 0.3 is 0 Å². The normalized spacial score (nSPS) is 33.9. The SMILES string of the molecule is C[C@@H]1CN(N=O)[C@@H](C)CN1N. The highest BCUT2D eigenvalue weighted by Crippen LogP contribution is 2.11. The molecule has 64 valence electrons. The molecule has 11 heavy (non-hydrogen) atoms. The van der Waals surface area contributed by atoms with Crippen molar-refractivity contribution >= 4 is 0 Å². The first-order valence-electron chi connectivity index (χ1n) is 3.76. The van der Waals surface area contributed by atoms with Gasteiger partial charge in [-0.25, -0.2) is 5.01 Å². The van der Waals surface area contributed by atoms with Crippen LogP contribution in [-0.2, 0) is 0 Å². The lowest BCUT2D eigenvalue weighted by molar-refractivity contribution is 0.0433. The van der Waals surface area contributed by atoms with Crippen LogP contribution < -0.4 is 5.84 Å². The molecule has 1 saturated heterocycles. The molecule has 2 atom stereocenters. The number of piperazine rings is 1. The van der Waals surface area contributed by atoms with Crippen LogP contribution in [0.3, 0.4) is 0 Å². The maximum atomic E-state index is 10.2. The molecule has 0 spiro atoms. The van der Waals surface area contributed by atoms with E-state index in [-0.39, 0.29) is 12.1 Å². The van der Waals surface area contributed by atoms with E-state index in [0.717, 1.165) is 0 Å². The van der Waals surface area contributed by atoms with E-state index >= 15 is 0 Å². The van der Waals surface area contributed by atoms with Crippen LogP contribution in [0.4, 0.5) is 0 Å². The Balaban J connectivity index is 2.54. The number of rotatable bonds is 1. The van der Waals surface area contributed by atoms with Gasteiger partial charge in [0.05, 0.1) is 17.9 Å². The zero-order chi connectivity index (χ0) is 8.43. The molecule has 1 fully saturated rings. The number of hydrogen-bond acceptors (Lipinski definition) is 4. The van der Waals surface area contributed by atoms with E-state index in [1.165, 1.54) is 5.01 Å². The van der Waals surface area contributed by atoms with E-state index in [1.807, 2.05) is 13.8 Å². The van der Waals surface area contributed by atoms with Crippen LogP contribution in [0, 0.1) is 4.91 Å². The summed E-state index contributed by atoms with van der Waals surface area (Å²) in [5.41, 5.74) is 0. The van der Waals surface area contributed by atoms with Gasteiger partial charge in [0.2, 0.25) is 0 Å². The number of nitrogens with zero attached hydrogens (tertiary/aromatic N) is 3. The quantitative estimate of drug-likeness (QED) is 0.429. The summed E-state index contributed by atoms with van der Waals surface area (Å²) in [6.45, 7) is 5.24. The van der Waals surface area contributed by atoms with Crippen molar-refractivity contribution in [2.45, 2.75) is 25.9 Å². The Bertz CT molecular complexity index is 152. The summed E-state index contributed by atoms with van der Waals surface area (Å²) < 4.78 is 0. The summed E-state index contributed by atoms with van der Waals surface area (Å²) in [4.78, 5) is 10.2. The standard InChI is InChI=1S/C6H14N4O/c1-5-4-10(8-11)6(2)3-9(5)7/h5-6H,3-4,7H2,1-2H3/t5-,6+/m1/s1. The average Bonchev–Trinajstić information content (AvgIpc) is 1.97. The molecule has 5 heteroatoms. The molecule has 1 rings (SSSR count). The van der Waals surface area contributed by atoms with E-state index in [0.29, 0.717) is 13.1 Å². The molecular formula is C6H14N4O. The first kappa shape index (κ1) is 8.42. The number of hydrogen-bond donors (Lipinski definition) is 1. The van der Waals surface area contributed by atoms with E-state index in [2.05, 4.69) is 5.29 Å². The molecule has 1 aliphatic rings. The second kappa shape index (κ2) is 3.15. The molecule has 1 aliphatic heterocycles. The van der Waals surface area contributed by atoms with Crippen LogP contribution in [0.1, 0.15) is 13.8 Å². The molecule has 0 radical (unpaired) electrons. The van der Waals surface area contributed by atoms with Gasteiger partial charge in [-0.05, 0) is 13.8 Å². The van der Waals surface area contributed by atoms with Gasteiger partial charge in [0.25, 0.3) is 0 Å². The molecular weight excluding hydrogens is 144 g/mol. The van der Waals surface area contributed by atoms with Crippen LogP contribution in [-0.4, -0.2) is 35.2 Å². The van der Waals surface area contributed by atoms with Gasteiger partial charge in [-0.15, -0.1) is 4.91 Å². The maximum absolute atomic E-state index is 10.2. The number of hydrazine groups is 1. The molecule has 0 aromatic carbocycles. The second-order valence-corrected chi connectivity index (χ2v) is 3.10. The molecule has 0 aromatic heterocycles. The van der Waals surface area contributed by atoms with Crippen molar-refractivity contribution in [2.24, 2.45) is 11.1 Å². The molecule has 5 nitrogen and oxygen atoms in total. The lowest BCUT2D eigenvalue weighted by Crippen LogP contribution is -2.57. The fourth-order valence-corrected chi connectivity index (χ4v) is 1.25. The zero-order valence-corrected chi connectivity index (χ0v) is 6.90. The summed E-state index contributed by atoms with van der Waals surface area (Å²) in [7, 11) is 0. The second-order valence-electron chi connectivity index (χ2n) is 3.10. The van der Waals surface area contributed by atoms with Gasteiger partial charge in [-0.2, -0.15) is 0 Å². The fraction of sp³-hybridized carbons (Fsp3) is 1.00.